The number of esters is 1. The molecule has 3 N–H and O–H groups in total. The van der Waals surface area contributed by atoms with Gasteiger partial charge in [0.25, 0.3) is 0 Å². The Bertz CT molecular complexity index is 1360. The topological polar surface area (TPSA) is 95.9 Å². The number of nitrogens with one attached hydrogen (secondary N) is 1. The smallest absolute Gasteiger partial charge is 0.305 e. The van der Waals surface area contributed by atoms with Crippen molar-refractivity contribution >= 4 is 11.9 Å². The van der Waals surface area contributed by atoms with Crippen LogP contribution in [0.1, 0.15) is 457 Å². The summed E-state index contributed by atoms with van der Waals surface area (Å²) in [6.45, 7) is 4.98. The van der Waals surface area contributed by atoms with Crippen molar-refractivity contribution < 1.29 is 24.5 Å². The fourth-order valence-electron chi connectivity index (χ4n) is 12.9. The number of hydrogen-bond acceptors (Lipinski definition) is 5. The van der Waals surface area contributed by atoms with Gasteiger partial charge in [0.15, 0.2) is 0 Å². The zero-order chi connectivity index (χ0) is 62.8. The summed E-state index contributed by atoms with van der Waals surface area (Å²) in [6.07, 6.45) is 98.4. The molecule has 2 atom stereocenters. The summed E-state index contributed by atoms with van der Waals surface area (Å²) < 4.78 is 5.51. The van der Waals surface area contributed by atoms with Gasteiger partial charge in [-0.3, -0.25) is 9.59 Å². The molecule has 0 saturated carbocycles. The number of unbranched alkanes of at least 4 members (excludes halogenated alkanes) is 61. The number of aliphatic hydroxyl groups is 2. The average Bonchev–Trinajstić information content (AvgIpc) is 3.53. The number of carbonyl (C=O) groups excluding carboxylic acids is 2. The Balaban J connectivity index is 3.33. The Morgan fingerprint density at radius 1 is 0.322 bits per heavy atom. The number of ether oxygens (including phenoxy) is 1. The summed E-state index contributed by atoms with van der Waals surface area (Å²) in [5.74, 6) is -0.0112. The summed E-state index contributed by atoms with van der Waals surface area (Å²) >= 11 is 0. The van der Waals surface area contributed by atoms with Crippen LogP contribution in [0.5, 0.6) is 0 Å². The number of aliphatic hydroxyl groups excluding tert-OH is 2. The highest BCUT2D eigenvalue weighted by Crippen LogP contribution is 2.20. The maximum atomic E-state index is 12.6. The molecule has 87 heavy (non-hydrogen) atoms. The van der Waals surface area contributed by atoms with Crippen molar-refractivity contribution in [2.24, 2.45) is 0 Å². The van der Waals surface area contributed by atoms with E-state index in [1.807, 2.05) is 0 Å². The first-order chi connectivity index (χ1) is 43.0. The predicted octanol–water partition coefficient (Wildman–Crippen LogP) is 26.4. The van der Waals surface area contributed by atoms with Gasteiger partial charge in [-0.25, -0.2) is 0 Å². The number of amides is 1. The Morgan fingerprint density at radius 2 is 0.575 bits per heavy atom. The summed E-state index contributed by atoms with van der Waals surface area (Å²) in [5, 5.41) is 23.5. The van der Waals surface area contributed by atoms with E-state index in [1.165, 1.54) is 372 Å². The van der Waals surface area contributed by atoms with Gasteiger partial charge >= 0.3 is 5.97 Å². The van der Waals surface area contributed by atoms with Gasteiger partial charge in [0.1, 0.15) is 0 Å². The van der Waals surface area contributed by atoms with Crippen LogP contribution in [0.15, 0.2) is 24.3 Å². The van der Waals surface area contributed by atoms with Crippen molar-refractivity contribution in [3.8, 4) is 0 Å². The second-order valence-electron chi connectivity index (χ2n) is 27.8. The molecular weight excluding hydrogens is 1070 g/mol. The van der Waals surface area contributed by atoms with E-state index in [0.717, 1.165) is 51.4 Å². The van der Waals surface area contributed by atoms with E-state index in [-0.39, 0.29) is 18.5 Å². The van der Waals surface area contributed by atoms with Crippen LogP contribution in [0.4, 0.5) is 0 Å². The minimum Gasteiger partial charge on any atom is -0.466 e. The van der Waals surface area contributed by atoms with Crippen molar-refractivity contribution in [1.29, 1.82) is 0 Å². The van der Waals surface area contributed by atoms with Crippen molar-refractivity contribution in [2.45, 2.75) is 469 Å². The third-order valence-electron chi connectivity index (χ3n) is 19.0. The van der Waals surface area contributed by atoms with E-state index in [2.05, 4.69) is 43.5 Å². The molecule has 6 heteroatoms. The van der Waals surface area contributed by atoms with Crippen molar-refractivity contribution in [3.63, 3.8) is 0 Å². The molecule has 0 aliphatic heterocycles. The summed E-state index contributed by atoms with van der Waals surface area (Å²) in [4.78, 5) is 24.7. The summed E-state index contributed by atoms with van der Waals surface area (Å²) in [7, 11) is 0. The number of rotatable bonds is 76. The largest absolute Gasteiger partial charge is 0.466 e. The van der Waals surface area contributed by atoms with Gasteiger partial charge in [-0.05, 0) is 57.8 Å². The first-order valence-corrected chi connectivity index (χ1v) is 40.1. The lowest BCUT2D eigenvalue weighted by Gasteiger charge is -2.22. The van der Waals surface area contributed by atoms with Crippen LogP contribution < -0.4 is 5.32 Å². The summed E-state index contributed by atoms with van der Waals surface area (Å²) in [6, 6.07) is -0.539. The third kappa shape index (κ3) is 73.3. The predicted molar refractivity (Wildman–Crippen MR) is 384 cm³/mol. The second-order valence-corrected chi connectivity index (χ2v) is 27.8. The number of carbonyl (C=O) groups is 2. The molecule has 0 heterocycles. The fraction of sp³-hybridized carbons (Fsp3) is 0.926. The lowest BCUT2D eigenvalue weighted by atomic mass is 10.0. The highest BCUT2D eigenvalue weighted by atomic mass is 16.5. The molecule has 0 radical (unpaired) electrons. The van der Waals surface area contributed by atoms with Crippen molar-refractivity contribution in [1.82, 2.24) is 5.32 Å². The van der Waals surface area contributed by atoms with Crippen LogP contribution in [0.25, 0.3) is 0 Å². The molecule has 0 rings (SSSR count). The van der Waals surface area contributed by atoms with Crippen molar-refractivity contribution in [3.05, 3.63) is 24.3 Å². The van der Waals surface area contributed by atoms with Crippen LogP contribution in [0.3, 0.4) is 0 Å². The Hall–Kier alpha value is -1.66. The highest BCUT2D eigenvalue weighted by Gasteiger charge is 2.20. The van der Waals surface area contributed by atoms with Gasteiger partial charge in [0.2, 0.25) is 5.91 Å². The maximum Gasteiger partial charge on any atom is 0.305 e. The maximum absolute atomic E-state index is 12.6. The normalized spacial score (nSPS) is 12.6. The quantitative estimate of drug-likeness (QED) is 0.0320. The third-order valence-corrected chi connectivity index (χ3v) is 19.0. The Morgan fingerprint density at radius 3 is 0.897 bits per heavy atom. The van der Waals surface area contributed by atoms with Crippen LogP contribution in [0.2, 0.25) is 0 Å². The van der Waals surface area contributed by atoms with E-state index < -0.39 is 12.1 Å². The molecule has 1 amide bonds. The molecule has 0 fully saturated rings. The Kier molecular flexibility index (Phi) is 75.3. The molecule has 0 aromatic carbocycles. The Labute approximate surface area is 545 Å². The van der Waals surface area contributed by atoms with Gasteiger partial charge in [-0.2, -0.15) is 0 Å². The van der Waals surface area contributed by atoms with Crippen LogP contribution in [-0.4, -0.2) is 47.4 Å². The van der Waals surface area contributed by atoms with E-state index in [1.54, 1.807) is 0 Å². The molecule has 0 bridgehead atoms. The SMILES string of the molecule is CCCCC/C=C\C/C=C\CCCCCCCCCC(=O)OCCCCCCCCCCCCCCCCCCCCCCCCCCCCCCCCCC(=O)NC(CO)C(O)CCCCCCCCCCCCCCCCCCCCCCCC. The van der Waals surface area contributed by atoms with Crippen LogP contribution >= 0.6 is 0 Å². The molecular formula is C81H157NO5. The standard InChI is InChI=1S/C81H157NO5/c1-3-5-7-9-11-13-15-17-19-21-22-23-35-38-42-45-49-53-57-61-65-69-73-79(84)78(77-83)82-80(85)74-70-66-62-58-54-50-46-43-39-36-33-31-29-27-25-24-26-28-30-32-34-37-40-44-48-52-56-60-64-68-72-76-87-81(86)75-71-67-63-59-55-51-47-41-20-18-16-14-12-10-8-6-4-2/h12,14,18,20,78-79,83-84H,3-11,13,15-17,19,21-77H2,1-2H3,(H,82,85)/b14-12-,20-18-. The lowest BCUT2D eigenvalue weighted by molar-refractivity contribution is -0.143. The molecule has 0 aromatic heterocycles. The first kappa shape index (κ1) is 85.3. The number of allylic oxidation sites excluding steroid dienone is 4. The molecule has 0 spiro atoms. The molecule has 6 nitrogen and oxygen atoms in total. The molecule has 516 valence electrons. The van der Waals surface area contributed by atoms with E-state index in [9.17, 15) is 19.8 Å². The monoisotopic (exact) mass is 1220 g/mol. The lowest BCUT2D eigenvalue weighted by Crippen LogP contribution is -2.45. The van der Waals surface area contributed by atoms with E-state index in [0.29, 0.717) is 25.9 Å². The first-order valence-electron chi connectivity index (χ1n) is 40.1. The van der Waals surface area contributed by atoms with Crippen molar-refractivity contribution in [2.75, 3.05) is 13.2 Å². The second kappa shape index (κ2) is 76.8. The van der Waals surface area contributed by atoms with Gasteiger partial charge in [-0.1, -0.05) is 411 Å². The average molecular weight is 1230 g/mol. The molecule has 2 unspecified atom stereocenters. The van der Waals surface area contributed by atoms with Gasteiger partial charge < -0.3 is 20.3 Å². The highest BCUT2D eigenvalue weighted by molar-refractivity contribution is 5.76. The van der Waals surface area contributed by atoms with Gasteiger partial charge in [-0.15, -0.1) is 0 Å². The molecule has 0 aromatic rings. The van der Waals surface area contributed by atoms with E-state index >= 15 is 0 Å². The fourth-order valence-corrected chi connectivity index (χ4v) is 12.9. The number of hydrogen-bond donors (Lipinski definition) is 3. The molecule has 0 aliphatic rings. The minimum absolute atomic E-state index is 0.0140. The van der Waals surface area contributed by atoms with E-state index in [4.69, 9.17) is 4.74 Å². The molecule has 0 aliphatic carbocycles. The van der Waals surface area contributed by atoms with Crippen LogP contribution in [0, 0.1) is 0 Å². The zero-order valence-corrected chi connectivity index (χ0v) is 59.3. The van der Waals surface area contributed by atoms with Gasteiger partial charge in [0, 0.05) is 12.8 Å². The molecule has 0 saturated heterocycles. The van der Waals surface area contributed by atoms with Crippen LogP contribution in [-0.2, 0) is 14.3 Å². The zero-order valence-electron chi connectivity index (χ0n) is 59.3. The minimum atomic E-state index is -0.662. The van der Waals surface area contributed by atoms with Gasteiger partial charge in [0.05, 0.1) is 25.4 Å². The summed E-state index contributed by atoms with van der Waals surface area (Å²) in [5.41, 5.74) is 0.